The molecule has 2 rings (SSSR count). The Labute approximate surface area is 154 Å². The van der Waals surface area contributed by atoms with Crippen molar-refractivity contribution < 1.29 is 26.3 Å². The van der Waals surface area contributed by atoms with E-state index >= 15 is 0 Å². The predicted molar refractivity (Wildman–Crippen MR) is 92.1 cm³/mol. The van der Waals surface area contributed by atoms with Gasteiger partial charge in [0.05, 0.1) is 6.07 Å². The van der Waals surface area contributed by atoms with Crippen molar-refractivity contribution in [1.29, 1.82) is 5.26 Å². The minimum atomic E-state index is -5.03. The van der Waals surface area contributed by atoms with Crippen LogP contribution in [0.1, 0.15) is 5.56 Å². The minimum Gasteiger partial charge on any atom is -0.404 e. The molecule has 0 bridgehead atoms. The second kappa shape index (κ2) is 8.70. The average molecular weight is 396 g/mol. The highest BCUT2D eigenvalue weighted by Gasteiger charge is 2.34. The SMILES string of the molecule is N#CC=CC(Cc1ccccc1)NS(=O)(=O)c1ccccc1OC(F)(F)F. The normalized spacial score (nSPS) is 13.3. The third-order valence-corrected chi connectivity index (χ3v) is 4.90. The van der Waals surface area contributed by atoms with Gasteiger partial charge in [-0.2, -0.15) is 5.26 Å². The highest BCUT2D eigenvalue weighted by atomic mass is 32.2. The molecule has 1 N–H and O–H groups in total. The molecular formula is C18H15F3N2O3S. The van der Waals surface area contributed by atoms with E-state index in [9.17, 15) is 21.6 Å². The van der Waals surface area contributed by atoms with Crippen LogP contribution in [0.2, 0.25) is 0 Å². The van der Waals surface area contributed by atoms with Crippen LogP contribution in [0.5, 0.6) is 5.75 Å². The Kier molecular flexibility index (Phi) is 6.60. The molecule has 0 spiro atoms. The smallest absolute Gasteiger partial charge is 0.404 e. The summed E-state index contributed by atoms with van der Waals surface area (Å²) in [4.78, 5) is -0.647. The lowest BCUT2D eigenvalue weighted by atomic mass is 10.1. The van der Waals surface area contributed by atoms with Crippen LogP contribution in [-0.4, -0.2) is 20.8 Å². The molecule has 0 aromatic heterocycles. The monoisotopic (exact) mass is 396 g/mol. The van der Waals surface area contributed by atoms with E-state index in [0.29, 0.717) is 0 Å². The lowest BCUT2D eigenvalue weighted by molar-refractivity contribution is -0.275. The summed E-state index contributed by atoms with van der Waals surface area (Å²) >= 11 is 0. The first-order chi connectivity index (χ1) is 12.7. The Morgan fingerprint density at radius 1 is 1.11 bits per heavy atom. The molecule has 5 nitrogen and oxygen atoms in total. The van der Waals surface area contributed by atoms with Crippen molar-refractivity contribution in [3.63, 3.8) is 0 Å². The Bertz CT molecular complexity index is 936. The summed E-state index contributed by atoms with van der Waals surface area (Å²) in [5.74, 6) is -0.833. The van der Waals surface area contributed by atoms with Crippen molar-refractivity contribution >= 4 is 10.0 Å². The fourth-order valence-electron chi connectivity index (χ4n) is 2.32. The van der Waals surface area contributed by atoms with Gasteiger partial charge in [-0.25, -0.2) is 13.1 Å². The van der Waals surface area contributed by atoms with Gasteiger partial charge in [-0.1, -0.05) is 48.5 Å². The minimum absolute atomic E-state index is 0.209. The fraction of sp³-hybridized carbons (Fsp3) is 0.167. The number of nitrogens with one attached hydrogen (secondary N) is 1. The van der Waals surface area contributed by atoms with Gasteiger partial charge < -0.3 is 4.74 Å². The van der Waals surface area contributed by atoms with Crippen LogP contribution in [-0.2, 0) is 16.4 Å². The number of benzene rings is 2. The molecule has 2 aromatic rings. The van der Waals surface area contributed by atoms with Gasteiger partial charge in [0.2, 0.25) is 10.0 Å². The number of halogens is 3. The summed E-state index contributed by atoms with van der Waals surface area (Å²) in [6.07, 6.45) is -2.39. The maximum absolute atomic E-state index is 12.6. The Balaban J connectivity index is 2.31. The third-order valence-electron chi connectivity index (χ3n) is 3.37. The summed E-state index contributed by atoms with van der Waals surface area (Å²) in [7, 11) is -4.35. The average Bonchev–Trinajstić information content (AvgIpc) is 2.59. The summed E-state index contributed by atoms with van der Waals surface area (Å²) in [5, 5.41) is 8.71. The number of nitriles is 1. The molecule has 0 fully saturated rings. The number of rotatable bonds is 7. The zero-order valence-corrected chi connectivity index (χ0v) is 14.7. The molecule has 27 heavy (non-hydrogen) atoms. The van der Waals surface area contributed by atoms with E-state index in [1.807, 2.05) is 0 Å². The van der Waals surface area contributed by atoms with Crippen molar-refractivity contribution in [1.82, 2.24) is 4.72 Å². The Morgan fingerprint density at radius 2 is 1.74 bits per heavy atom. The molecule has 142 valence electrons. The largest absolute Gasteiger partial charge is 0.573 e. The number of alkyl halides is 3. The number of allylic oxidation sites excluding steroid dienone is 1. The number of hydrogen-bond donors (Lipinski definition) is 1. The van der Waals surface area contributed by atoms with Gasteiger partial charge in [-0.05, 0) is 24.1 Å². The fourth-order valence-corrected chi connectivity index (χ4v) is 3.64. The molecule has 0 heterocycles. The lowest BCUT2D eigenvalue weighted by Crippen LogP contribution is -2.35. The highest BCUT2D eigenvalue weighted by Crippen LogP contribution is 2.29. The zero-order valence-electron chi connectivity index (χ0n) is 13.8. The first-order valence-electron chi connectivity index (χ1n) is 7.68. The molecule has 0 aliphatic rings. The van der Waals surface area contributed by atoms with Gasteiger partial charge in [0, 0.05) is 12.1 Å². The summed E-state index contributed by atoms with van der Waals surface area (Å²) in [5.41, 5.74) is 0.785. The van der Waals surface area contributed by atoms with Gasteiger partial charge in [0.25, 0.3) is 0 Å². The maximum Gasteiger partial charge on any atom is 0.573 e. The molecule has 2 aromatic carbocycles. The van der Waals surface area contributed by atoms with Gasteiger partial charge in [-0.15, -0.1) is 13.2 Å². The van der Waals surface area contributed by atoms with Crippen LogP contribution in [0.3, 0.4) is 0 Å². The molecule has 1 unspecified atom stereocenters. The standard InChI is InChI=1S/C18H15F3N2O3S/c19-18(20,21)26-16-10-4-5-11-17(16)27(24,25)23-15(9-6-12-22)13-14-7-2-1-3-8-14/h1-11,15,23H,13H2. The van der Waals surface area contributed by atoms with Crippen molar-refractivity contribution in [2.45, 2.75) is 23.7 Å². The first kappa shape index (κ1) is 20.5. The van der Waals surface area contributed by atoms with E-state index in [1.54, 1.807) is 36.4 Å². The summed E-state index contributed by atoms with van der Waals surface area (Å²) in [6, 6.07) is 14.2. The van der Waals surface area contributed by atoms with Crippen LogP contribution in [0.4, 0.5) is 13.2 Å². The van der Waals surface area contributed by atoms with E-state index in [4.69, 9.17) is 5.26 Å². The van der Waals surface area contributed by atoms with E-state index in [1.165, 1.54) is 18.2 Å². The summed E-state index contributed by atoms with van der Waals surface area (Å²) in [6.45, 7) is 0. The third kappa shape index (κ3) is 6.44. The lowest BCUT2D eigenvalue weighted by Gasteiger charge is -2.18. The predicted octanol–water partition coefficient (Wildman–Crippen LogP) is 3.55. The van der Waals surface area contributed by atoms with Crippen LogP contribution in [0, 0.1) is 11.3 Å². The number of para-hydroxylation sites is 1. The molecule has 0 radical (unpaired) electrons. The topological polar surface area (TPSA) is 79.2 Å². The Morgan fingerprint density at radius 3 is 2.37 bits per heavy atom. The van der Waals surface area contributed by atoms with Crippen molar-refractivity contribution in [2.75, 3.05) is 0 Å². The van der Waals surface area contributed by atoms with Crippen LogP contribution >= 0.6 is 0 Å². The quantitative estimate of drug-likeness (QED) is 0.726. The second-order valence-electron chi connectivity index (χ2n) is 5.40. The van der Waals surface area contributed by atoms with Crippen molar-refractivity contribution in [3.8, 4) is 11.8 Å². The summed E-state index contributed by atoms with van der Waals surface area (Å²) < 4.78 is 69.0. The number of ether oxygens (including phenoxy) is 1. The van der Waals surface area contributed by atoms with Crippen LogP contribution in [0.25, 0.3) is 0 Å². The maximum atomic E-state index is 12.6. The van der Waals surface area contributed by atoms with E-state index in [0.717, 1.165) is 23.8 Å². The highest BCUT2D eigenvalue weighted by molar-refractivity contribution is 7.89. The van der Waals surface area contributed by atoms with Gasteiger partial charge in [0.1, 0.15) is 10.6 Å². The number of hydrogen-bond acceptors (Lipinski definition) is 4. The van der Waals surface area contributed by atoms with Gasteiger partial charge in [-0.3, -0.25) is 0 Å². The second-order valence-corrected chi connectivity index (χ2v) is 7.08. The number of nitrogens with zero attached hydrogens (tertiary/aromatic N) is 1. The van der Waals surface area contributed by atoms with Crippen molar-refractivity contribution in [3.05, 3.63) is 72.3 Å². The molecule has 0 saturated heterocycles. The molecule has 0 aliphatic carbocycles. The van der Waals surface area contributed by atoms with E-state index in [2.05, 4.69) is 9.46 Å². The van der Waals surface area contributed by atoms with E-state index in [-0.39, 0.29) is 6.42 Å². The van der Waals surface area contributed by atoms with Crippen molar-refractivity contribution in [2.24, 2.45) is 0 Å². The molecule has 0 aliphatic heterocycles. The molecule has 9 heteroatoms. The van der Waals surface area contributed by atoms with Crippen LogP contribution in [0.15, 0.2) is 71.6 Å². The molecule has 1 atom stereocenters. The van der Waals surface area contributed by atoms with Gasteiger partial charge in [0.15, 0.2) is 0 Å². The number of sulfonamides is 1. The van der Waals surface area contributed by atoms with Gasteiger partial charge >= 0.3 is 6.36 Å². The first-order valence-corrected chi connectivity index (χ1v) is 9.17. The van der Waals surface area contributed by atoms with Crippen LogP contribution < -0.4 is 9.46 Å². The molecule has 0 amide bonds. The molecule has 0 saturated carbocycles. The Hall–Kier alpha value is -2.83. The molecular weight excluding hydrogens is 381 g/mol. The van der Waals surface area contributed by atoms with E-state index < -0.39 is 33.1 Å². The zero-order chi connectivity index (χ0) is 19.9.